The normalized spacial score (nSPS) is 23.5. The van der Waals surface area contributed by atoms with Crippen molar-refractivity contribution in [2.24, 2.45) is 0 Å². The molecule has 0 bridgehead atoms. The number of hydrogen-bond donors (Lipinski definition) is 1. The molecule has 1 N–H and O–H groups in total. The monoisotopic (exact) mass is 305 g/mol. The summed E-state index contributed by atoms with van der Waals surface area (Å²) in [6.07, 6.45) is 3.29. The Kier molecular flexibility index (Phi) is 4.83. The third kappa shape index (κ3) is 3.42. The fourth-order valence-electron chi connectivity index (χ4n) is 3.16. The Labute approximate surface area is 130 Å². The fraction of sp³-hybridized carbons (Fsp3) is 0.562. The van der Waals surface area contributed by atoms with Gasteiger partial charge in [0, 0.05) is 49.2 Å². The van der Waals surface area contributed by atoms with Crippen LogP contribution < -0.4 is 5.32 Å². The number of benzene rings is 1. The van der Waals surface area contributed by atoms with Crippen LogP contribution >= 0.6 is 11.8 Å². The Bertz CT molecular complexity index is 477. The van der Waals surface area contributed by atoms with Crippen molar-refractivity contribution in [2.75, 3.05) is 45.5 Å². The molecule has 2 aliphatic heterocycles. The molecule has 0 radical (unpaired) electrons. The summed E-state index contributed by atoms with van der Waals surface area (Å²) in [6, 6.07) is 8.61. The van der Waals surface area contributed by atoms with Crippen molar-refractivity contribution in [3.05, 3.63) is 29.8 Å². The summed E-state index contributed by atoms with van der Waals surface area (Å²) in [7, 11) is 0. The number of nitrogens with zero attached hydrogens (tertiary/aromatic N) is 2. The zero-order chi connectivity index (χ0) is 14.7. The van der Waals surface area contributed by atoms with Crippen LogP contribution in [0.5, 0.6) is 0 Å². The van der Waals surface area contributed by atoms with Gasteiger partial charge in [-0.1, -0.05) is 0 Å². The van der Waals surface area contributed by atoms with Crippen LogP contribution in [0, 0.1) is 0 Å². The van der Waals surface area contributed by atoms with E-state index in [1.165, 1.54) is 11.3 Å². The van der Waals surface area contributed by atoms with Gasteiger partial charge in [0.1, 0.15) is 0 Å². The number of thioether (sulfide) groups is 1. The van der Waals surface area contributed by atoms with Crippen molar-refractivity contribution in [2.45, 2.75) is 17.4 Å². The lowest BCUT2D eigenvalue weighted by Gasteiger charge is -2.37. The topological polar surface area (TPSA) is 35.6 Å². The molecule has 0 unspecified atom stereocenters. The smallest absolute Gasteiger partial charge is 0.253 e. The highest BCUT2D eigenvalue weighted by atomic mass is 32.2. The van der Waals surface area contributed by atoms with E-state index in [1.807, 2.05) is 35.4 Å². The maximum atomic E-state index is 12.5. The van der Waals surface area contributed by atoms with Crippen molar-refractivity contribution in [3.8, 4) is 0 Å². The van der Waals surface area contributed by atoms with Crippen molar-refractivity contribution in [1.82, 2.24) is 15.1 Å². The molecule has 3 rings (SSSR count). The first-order chi connectivity index (χ1) is 10.3. The molecular weight excluding hydrogens is 282 g/mol. The standard InChI is InChI=1S/C16H23N3OS/c1-21-15-4-2-13(3-5-15)16(20)19-10-8-18(9-11-19)14-6-7-17-12-14/h2-5,14,17H,6-12H2,1H3/t14-/m0/s1. The molecule has 1 aromatic rings. The molecule has 5 heteroatoms. The number of piperazine rings is 1. The van der Waals surface area contributed by atoms with E-state index in [0.717, 1.165) is 44.8 Å². The summed E-state index contributed by atoms with van der Waals surface area (Å²) in [5.74, 6) is 0.173. The van der Waals surface area contributed by atoms with Gasteiger partial charge in [-0.05, 0) is 43.5 Å². The van der Waals surface area contributed by atoms with Crippen LogP contribution in [0.2, 0.25) is 0 Å². The van der Waals surface area contributed by atoms with Crippen LogP contribution in [0.4, 0.5) is 0 Å². The SMILES string of the molecule is CSc1ccc(C(=O)N2CCN([C@H]3CCNC3)CC2)cc1. The van der Waals surface area contributed by atoms with E-state index in [4.69, 9.17) is 0 Å². The molecule has 2 heterocycles. The predicted molar refractivity (Wildman–Crippen MR) is 87.0 cm³/mol. The van der Waals surface area contributed by atoms with Crippen molar-refractivity contribution >= 4 is 17.7 Å². The number of carbonyl (C=O) groups excluding carboxylic acids is 1. The zero-order valence-electron chi connectivity index (χ0n) is 12.5. The maximum absolute atomic E-state index is 12.5. The Balaban J connectivity index is 1.56. The Hall–Kier alpha value is -1.04. The average molecular weight is 305 g/mol. The van der Waals surface area contributed by atoms with Crippen molar-refractivity contribution in [3.63, 3.8) is 0 Å². The van der Waals surface area contributed by atoms with Crippen molar-refractivity contribution < 1.29 is 4.79 Å². The minimum Gasteiger partial charge on any atom is -0.336 e. The van der Waals surface area contributed by atoms with Gasteiger partial charge in [0.15, 0.2) is 0 Å². The number of amides is 1. The summed E-state index contributed by atoms with van der Waals surface area (Å²) < 4.78 is 0. The number of rotatable bonds is 3. The lowest BCUT2D eigenvalue weighted by Crippen LogP contribution is -2.52. The average Bonchev–Trinajstić information content (AvgIpc) is 3.09. The first kappa shape index (κ1) is 14.9. The molecule has 1 amide bonds. The maximum Gasteiger partial charge on any atom is 0.253 e. The van der Waals surface area contributed by atoms with E-state index < -0.39 is 0 Å². The first-order valence-corrected chi connectivity index (χ1v) is 8.88. The molecule has 1 aromatic carbocycles. The fourth-order valence-corrected chi connectivity index (χ4v) is 3.57. The Morgan fingerprint density at radius 1 is 1.19 bits per heavy atom. The Morgan fingerprint density at radius 3 is 2.48 bits per heavy atom. The van der Waals surface area contributed by atoms with Crippen LogP contribution in [0.25, 0.3) is 0 Å². The second kappa shape index (κ2) is 6.81. The second-order valence-electron chi connectivity index (χ2n) is 5.70. The zero-order valence-corrected chi connectivity index (χ0v) is 13.4. The van der Waals surface area contributed by atoms with Crippen molar-refractivity contribution in [1.29, 1.82) is 0 Å². The summed E-state index contributed by atoms with van der Waals surface area (Å²) in [5.41, 5.74) is 0.809. The summed E-state index contributed by atoms with van der Waals surface area (Å²) in [5, 5.41) is 3.42. The van der Waals surface area contributed by atoms with Gasteiger partial charge in [0.25, 0.3) is 5.91 Å². The molecule has 2 fully saturated rings. The van der Waals surface area contributed by atoms with Gasteiger partial charge in [-0.3, -0.25) is 9.69 Å². The number of carbonyl (C=O) groups is 1. The molecular formula is C16H23N3OS. The molecule has 4 nitrogen and oxygen atoms in total. The number of nitrogens with one attached hydrogen (secondary N) is 1. The molecule has 0 aromatic heterocycles. The van der Waals surface area contributed by atoms with Crippen LogP contribution in [-0.4, -0.2) is 67.3 Å². The van der Waals surface area contributed by atoms with Gasteiger partial charge in [0.2, 0.25) is 0 Å². The summed E-state index contributed by atoms with van der Waals surface area (Å²) in [4.78, 5) is 18.2. The van der Waals surface area contributed by atoms with Gasteiger partial charge in [-0.15, -0.1) is 11.8 Å². The van der Waals surface area contributed by atoms with E-state index in [-0.39, 0.29) is 5.91 Å². The molecule has 0 spiro atoms. The molecule has 1 atom stereocenters. The molecule has 2 aliphatic rings. The summed E-state index contributed by atoms with van der Waals surface area (Å²) in [6.45, 7) is 5.93. The molecule has 0 saturated carbocycles. The van der Waals surface area contributed by atoms with E-state index in [2.05, 4.69) is 10.2 Å². The molecule has 21 heavy (non-hydrogen) atoms. The van der Waals surface area contributed by atoms with Gasteiger partial charge in [-0.25, -0.2) is 0 Å². The van der Waals surface area contributed by atoms with Crippen LogP contribution in [0.15, 0.2) is 29.2 Å². The third-order valence-electron chi connectivity index (χ3n) is 4.49. The van der Waals surface area contributed by atoms with Crippen LogP contribution in [0.1, 0.15) is 16.8 Å². The molecule has 2 saturated heterocycles. The number of hydrogen-bond acceptors (Lipinski definition) is 4. The minimum atomic E-state index is 0.173. The minimum absolute atomic E-state index is 0.173. The van der Waals surface area contributed by atoms with Gasteiger partial charge < -0.3 is 10.2 Å². The van der Waals surface area contributed by atoms with Gasteiger partial charge in [0.05, 0.1) is 0 Å². The van der Waals surface area contributed by atoms with Gasteiger partial charge >= 0.3 is 0 Å². The largest absolute Gasteiger partial charge is 0.336 e. The predicted octanol–water partition coefficient (Wildman–Crippen LogP) is 1.53. The van der Waals surface area contributed by atoms with E-state index in [9.17, 15) is 4.79 Å². The molecule has 114 valence electrons. The van der Waals surface area contributed by atoms with Crippen LogP contribution in [0.3, 0.4) is 0 Å². The highest BCUT2D eigenvalue weighted by Gasteiger charge is 2.28. The van der Waals surface area contributed by atoms with E-state index in [1.54, 1.807) is 11.8 Å². The Morgan fingerprint density at radius 2 is 1.90 bits per heavy atom. The van der Waals surface area contributed by atoms with Gasteiger partial charge in [-0.2, -0.15) is 0 Å². The third-order valence-corrected chi connectivity index (χ3v) is 5.23. The highest BCUT2D eigenvalue weighted by Crippen LogP contribution is 2.17. The lowest BCUT2D eigenvalue weighted by atomic mass is 10.1. The highest BCUT2D eigenvalue weighted by molar-refractivity contribution is 7.98. The van der Waals surface area contributed by atoms with E-state index >= 15 is 0 Å². The van der Waals surface area contributed by atoms with E-state index in [0.29, 0.717) is 6.04 Å². The molecule has 0 aliphatic carbocycles. The summed E-state index contributed by atoms with van der Waals surface area (Å²) >= 11 is 1.70. The van der Waals surface area contributed by atoms with Crippen LogP contribution in [-0.2, 0) is 0 Å². The quantitative estimate of drug-likeness (QED) is 0.859. The first-order valence-electron chi connectivity index (χ1n) is 7.66. The second-order valence-corrected chi connectivity index (χ2v) is 6.58. The lowest BCUT2D eigenvalue weighted by molar-refractivity contribution is 0.0584.